The second-order valence-corrected chi connectivity index (χ2v) is 14.2. The van der Waals surface area contributed by atoms with E-state index in [1.165, 1.54) is 5.39 Å². The molecule has 2 aliphatic heterocycles. The summed E-state index contributed by atoms with van der Waals surface area (Å²) in [5.74, 6) is -0.919. The summed E-state index contributed by atoms with van der Waals surface area (Å²) in [6, 6.07) is 44.4. The average molecular weight is 737 g/mol. The molecule has 0 aromatic heterocycles. The van der Waals surface area contributed by atoms with Gasteiger partial charge in [0, 0.05) is 0 Å². The van der Waals surface area contributed by atoms with Gasteiger partial charge < -0.3 is 37.9 Å². The molecule has 8 nitrogen and oxygen atoms in total. The van der Waals surface area contributed by atoms with E-state index in [0.29, 0.717) is 13.2 Å². The lowest BCUT2D eigenvalue weighted by molar-refractivity contribution is -0.299. The number of ether oxygens (including phenoxy) is 8. The lowest BCUT2D eigenvalue weighted by atomic mass is 10.1. The molecule has 0 amide bonds. The number of alkyl halides is 1. The van der Waals surface area contributed by atoms with Crippen molar-refractivity contribution in [1.29, 1.82) is 0 Å². The summed E-state index contributed by atoms with van der Waals surface area (Å²) in [6.07, 6.45) is -6.12. The largest absolute Gasteiger partial charge is 0.374 e. The maximum atomic E-state index is 15.9. The summed E-state index contributed by atoms with van der Waals surface area (Å²) in [5.41, 5.74) is 4.00. The maximum absolute atomic E-state index is 15.9. The van der Waals surface area contributed by atoms with Gasteiger partial charge in [0.15, 0.2) is 18.2 Å². The molecule has 2 fully saturated rings. The topological polar surface area (TPSA) is 73.8 Å². The zero-order valence-corrected chi connectivity index (χ0v) is 30.8. The quantitative estimate of drug-likeness (QED) is 0.0890. The molecule has 0 bridgehead atoms. The molecule has 0 aliphatic carbocycles. The summed E-state index contributed by atoms with van der Waals surface area (Å²) in [6.45, 7) is 5.13. The number of halogens is 1. The van der Waals surface area contributed by atoms with Crippen molar-refractivity contribution in [1.82, 2.24) is 0 Å². The van der Waals surface area contributed by atoms with Gasteiger partial charge in [0.2, 0.25) is 0 Å². The van der Waals surface area contributed by atoms with Crippen LogP contribution in [-0.2, 0) is 64.3 Å². The van der Waals surface area contributed by atoms with Crippen LogP contribution in [0.15, 0.2) is 133 Å². The van der Waals surface area contributed by atoms with E-state index >= 15 is 4.39 Å². The number of benzene rings is 5. The van der Waals surface area contributed by atoms with Gasteiger partial charge in [-0.25, -0.2) is 4.39 Å². The highest BCUT2D eigenvalue weighted by atomic mass is 19.1. The van der Waals surface area contributed by atoms with Gasteiger partial charge in [-0.3, -0.25) is 0 Å². The van der Waals surface area contributed by atoms with Crippen LogP contribution in [-0.4, -0.2) is 68.6 Å². The van der Waals surface area contributed by atoms with Crippen LogP contribution in [0.1, 0.15) is 36.1 Å². The predicted molar refractivity (Wildman–Crippen MR) is 203 cm³/mol. The fraction of sp³-hybridized carbons (Fsp3) is 0.378. The van der Waals surface area contributed by atoms with Crippen LogP contribution >= 0.6 is 0 Å². The first-order chi connectivity index (χ1) is 26.4. The van der Waals surface area contributed by atoms with Crippen LogP contribution in [0.3, 0.4) is 0 Å². The Kier molecular flexibility index (Phi) is 13.1. The van der Waals surface area contributed by atoms with Crippen molar-refractivity contribution < 1.29 is 42.3 Å². The van der Waals surface area contributed by atoms with Crippen LogP contribution in [0.5, 0.6) is 0 Å². The first-order valence-corrected chi connectivity index (χ1v) is 18.7. The molecule has 9 heteroatoms. The molecule has 5 aromatic carbocycles. The third-order valence-corrected chi connectivity index (χ3v) is 9.69. The summed E-state index contributed by atoms with van der Waals surface area (Å²) in [5, 5.41) is 2.31. The predicted octanol–water partition coefficient (Wildman–Crippen LogP) is 8.34. The zero-order valence-electron chi connectivity index (χ0n) is 30.8. The Hall–Kier alpha value is -4.03. The fourth-order valence-corrected chi connectivity index (χ4v) is 6.80. The van der Waals surface area contributed by atoms with Crippen LogP contribution in [0, 0.1) is 0 Å². The van der Waals surface area contributed by atoms with E-state index in [9.17, 15) is 0 Å². The molecule has 0 spiro atoms. The molecule has 0 saturated carbocycles. The normalized spacial score (nSPS) is 22.4. The summed E-state index contributed by atoms with van der Waals surface area (Å²) >= 11 is 0. The molecule has 0 radical (unpaired) electrons. The highest BCUT2D eigenvalue weighted by Crippen LogP contribution is 2.35. The van der Waals surface area contributed by atoms with E-state index in [1.54, 1.807) is 13.8 Å². The molecule has 54 heavy (non-hydrogen) atoms. The number of fused-ring (bicyclic) bond motifs is 2. The molecular formula is C45H49FO8. The van der Waals surface area contributed by atoms with E-state index in [1.807, 2.05) is 103 Å². The number of hydrogen-bond donors (Lipinski definition) is 0. The van der Waals surface area contributed by atoms with E-state index < -0.39 is 48.8 Å². The van der Waals surface area contributed by atoms with Crippen molar-refractivity contribution in [3.05, 3.63) is 156 Å². The lowest BCUT2D eigenvalue weighted by Crippen LogP contribution is -2.49. The van der Waals surface area contributed by atoms with E-state index in [0.717, 1.165) is 27.6 Å². The third-order valence-electron chi connectivity index (χ3n) is 9.69. The third kappa shape index (κ3) is 10.4. The molecule has 7 atom stereocenters. The van der Waals surface area contributed by atoms with Gasteiger partial charge in [-0.2, -0.15) is 0 Å². The zero-order chi connectivity index (χ0) is 37.2. The molecule has 2 heterocycles. The molecule has 2 aliphatic rings. The van der Waals surface area contributed by atoms with Gasteiger partial charge in [-0.15, -0.1) is 0 Å². The second-order valence-electron chi connectivity index (χ2n) is 14.2. The van der Waals surface area contributed by atoms with E-state index in [4.69, 9.17) is 37.9 Å². The Balaban J connectivity index is 1.14. The molecule has 7 rings (SSSR count). The van der Waals surface area contributed by atoms with Crippen molar-refractivity contribution in [3.63, 3.8) is 0 Å². The van der Waals surface area contributed by atoms with E-state index in [-0.39, 0.29) is 33.0 Å². The van der Waals surface area contributed by atoms with Crippen LogP contribution in [0.2, 0.25) is 0 Å². The fourth-order valence-electron chi connectivity index (χ4n) is 6.80. The minimum atomic E-state index is -1.52. The molecule has 5 aromatic rings. The smallest absolute Gasteiger partial charge is 0.192 e. The van der Waals surface area contributed by atoms with E-state index in [2.05, 4.69) is 30.3 Å². The van der Waals surface area contributed by atoms with Crippen LogP contribution in [0.25, 0.3) is 10.8 Å². The van der Waals surface area contributed by atoms with Gasteiger partial charge in [-0.1, -0.05) is 127 Å². The standard InChI is InChI=1S/C45H49FO8/c1-45(2)52-31-40-43(54-45)41(46)44(53-40)51-30-39(49-27-33-16-8-4-9-17-33)42(50-28-34-18-10-5-11-19-34)38(48-26-32-14-6-3-7-15-32)29-47-25-35-22-23-36-20-12-13-21-37(36)24-35/h3-24,38-44H,25-31H2,1-2H3/t38?,39?,40-,41?,42?,43+,44-/m1/s1. The van der Waals surface area contributed by atoms with Gasteiger partial charge in [0.25, 0.3) is 0 Å². The average Bonchev–Trinajstić information content (AvgIpc) is 3.51. The van der Waals surface area contributed by atoms with Crippen molar-refractivity contribution in [3.8, 4) is 0 Å². The lowest BCUT2D eigenvalue weighted by Gasteiger charge is -2.37. The molecule has 0 N–H and O–H groups in total. The number of hydrogen-bond acceptors (Lipinski definition) is 8. The van der Waals surface area contributed by atoms with Gasteiger partial charge >= 0.3 is 0 Å². The minimum Gasteiger partial charge on any atom is -0.374 e. The first-order valence-electron chi connectivity index (χ1n) is 18.7. The molecule has 284 valence electrons. The van der Waals surface area contributed by atoms with Crippen molar-refractivity contribution in [2.75, 3.05) is 19.8 Å². The van der Waals surface area contributed by atoms with Gasteiger partial charge in [0.05, 0.1) is 46.2 Å². The van der Waals surface area contributed by atoms with Crippen LogP contribution < -0.4 is 0 Å². The highest BCUT2D eigenvalue weighted by molar-refractivity contribution is 5.82. The first kappa shape index (κ1) is 38.3. The van der Waals surface area contributed by atoms with Crippen molar-refractivity contribution >= 4 is 10.8 Å². The Morgan fingerprint density at radius 1 is 0.630 bits per heavy atom. The van der Waals surface area contributed by atoms with Crippen LogP contribution in [0.4, 0.5) is 4.39 Å². The Morgan fingerprint density at radius 3 is 1.81 bits per heavy atom. The highest BCUT2D eigenvalue weighted by Gasteiger charge is 2.52. The van der Waals surface area contributed by atoms with Gasteiger partial charge in [-0.05, 0) is 52.9 Å². The van der Waals surface area contributed by atoms with Crippen molar-refractivity contribution in [2.45, 2.75) is 89.0 Å². The molecular weight excluding hydrogens is 687 g/mol. The SMILES string of the molecule is CC1(C)OC[C@H]2O[C@@H](OCC(OCc3ccccc3)C(OCc3ccccc3)C(COCc3ccc4ccccc4c3)OCc3ccccc3)C(F)[C@H]2O1. The Bertz CT molecular complexity index is 1860. The summed E-state index contributed by atoms with van der Waals surface area (Å²) in [7, 11) is 0. The second kappa shape index (κ2) is 18.5. The minimum absolute atomic E-state index is 0.0447. The number of rotatable bonds is 18. The monoisotopic (exact) mass is 736 g/mol. The van der Waals surface area contributed by atoms with Crippen molar-refractivity contribution in [2.24, 2.45) is 0 Å². The maximum Gasteiger partial charge on any atom is 0.192 e. The summed E-state index contributed by atoms with van der Waals surface area (Å²) < 4.78 is 66.3. The Morgan fingerprint density at radius 2 is 1.19 bits per heavy atom. The molecule has 4 unspecified atom stereocenters. The molecule has 2 saturated heterocycles. The summed E-state index contributed by atoms with van der Waals surface area (Å²) in [4.78, 5) is 0. The Labute approximate surface area is 317 Å². The van der Waals surface area contributed by atoms with Gasteiger partial charge in [0.1, 0.15) is 30.5 Å².